The zero-order valence-electron chi connectivity index (χ0n) is 9.68. The molecule has 0 bridgehead atoms. The molecule has 0 saturated carbocycles. The van der Waals surface area contributed by atoms with Crippen LogP contribution in [0, 0.1) is 0 Å². The van der Waals surface area contributed by atoms with Gasteiger partial charge in [0.2, 0.25) is 5.91 Å². The lowest BCUT2D eigenvalue weighted by atomic mass is 10.2. The van der Waals surface area contributed by atoms with E-state index in [0.29, 0.717) is 13.0 Å². The van der Waals surface area contributed by atoms with Crippen LogP contribution in [-0.2, 0) is 14.3 Å². The molecule has 3 atom stereocenters. The Morgan fingerprint density at radius 2 is 2.29 bits per heavy atom. The molecule has 3 unspecified atom stereocenters. The highest BCUT2D eigenvalue weighted by molar-refractivity contribution is 5.87. The number of carbonyl (C=O) groups is 2. The summed E-state index contributed by atoms with van der Waals surface area (Å²) >= 11 is 0. The fourth-order valence-corrected chi connectivity index (χ4v) is 1.61. The van der Waals surface area contributed by atoms with Crippen molar-refractivity contribution in [2.75, 3.05) is 19.8 Å². The number of aliphatic hydroxyl groups is 2. The van der Waals surface area contributed by atoms with Gasteiger partial charge in [-0.25, -0.2) is 4.79 Å². The van der Waals surface area contributed by atoms with Crippen LogP contribution < -0.4 is 10.6 Å². The van der Waals surface area contributed by atoms with Crippen LogP contribution >= 0.6 is 0 Å². The predicted octanol–water partition coefficient (Wildman–Crippen LogP) is -2.25. The van der Waals surface area contributed by atoms with E-state index < -0.39 is 36.7 Å². The van der Waals surface area contributed by atoms with E-state index in [0.717, 1.165) is 0 Å². The normalized spacial score (nSPS) is 25.4. The van der Waals surface area contributed by atoms with Gasteiger partial charge in [-0.15, -0.1) is 0 Å². The minimum atomic E-state index is -1.05. The minimum absolute atomic E-state index is 0.186. The van der Waals surface area contributed by atoms with E-state index in [4.69, 9.17) is 9.84 Å². The van der Waals surface area contributed by atoms with Gasteiger partial charge in [-0.1, -0.05) is 0 Å². The maximum Gasteiger partial charge on any atom is 0.331 e. The summed E-state index contributed by atoms with van der Waals surface area (Å²) in [6.07, 6.45) is -0.256. The van der Waals surface area contributed by atoms with Gasteiger partial charge in [-0.3, -0.25) is 4.79 Å². The van der Waals surface area contributed by atoms with E-state index in [2.05, 4.69) is 10.6 Å². The van der Waals surface area contributed by atoms with Crippen molar-refractivity contribution in [3.05, 3.63) is 0 Å². The second kappa shape index (κ2) is 6.53. The highest BCUT2D eigenvalue weighted by Crippen LogP contribution is 2.06. The highest BCUT2D eigenvalue weighted by Gasteiger charge is 2.31. The number of β-amino-alcohol motifs (C(OH)–C–C–N with tert-alkyl or cyclic N) is 1. The number of nitrogens with one attached hydrogen (secondary N) is 2. The van der Waals surface area contributed by atoms with Crippen LogP contribution in [0.1, 0.15) is 13.3 Å². The average Bonchev–Trinajstić information content (AvgIpc) is 2.72. The van der Waals surface area contributed by atoms with Crippen molar-refractivity contribution in [3.8, 4) is 0 Å². The molecule has 1 aliphatic heterocycles. The fraction of sp³-hybridized carbons (Fsp3) is 0.800. The zero-order chi connectivity index (χ0) is 12.8. The van der Waals surface area contributed by atoms with Crippen LogP contribution in [-0.4, -0.2) is 60.0 Å². The summed E-state index contributed by atoms with van der Waals surface area (Å²) in [5.74, 6) is -1.09. The molecule has 4 N–H and O–H groups in total. The summed E-state index contributed by atoms with van der Waals surface area (Å²) in [6.45, 7) is 1.66. The molecule has 1 amide bonds. The molecule has 1 aliphatic rings. The Bertz CT molecular complexity index is 284. The van der Waals surface area contributed by atoms with Crippen molar-refractivity contribution in [2.24, 2.45) is 0 Å². The SMILES string of the molecule is CCOC(=O)C(CO)NC(=O)C1CC(O)CN1. The molecular weight excluding hydrogens is 228 g/mol. The number of rotatable bonds is 5. The van der Waals surface area contributed by atoms with E-state index in [1.807, 2.05) is 0 Å². The second-order valence-electron chi connectivity index (χ2n) is 3.85. The van der Waals surface area contributed by atoms with Crippen molar-refractivity contribution in [2.45, 2.75) is 31.5 Å². The Balaban J connectivity index is 2.45. The number of ether oxygens (including phenoxy) is 1. The first-order valence-electron chi connectivity index (χ1n) is 5.57. The molecule has 0 radical (unpaired) electrons. The standard InChI is InChI=1S/C10H18N2O5/c1-2-17-10(16)8(5-13)12-9(15)7-3-6(14)4-11-7/h6-8,11,13-14H,2-5H2,1H3,(H,12,15). The molecule has 98 valence electrons. The molecule has 17 heavy (non-hydrogen) atoms. The van der Waals surface area contributed by atoms with Crippen molar-refractivity contribution >= 4 is 11.9 Å². The van der Waals surface area contributed by atoms with E-state index in [1.54, 1.807) is 6.92 Å². The first-order chi connectivity index (χ1) is 8.08. The van der Waals surface area contributed by atoms with Gasteiger partial charge in [0, 0.05) is 6.54 Å². The topological polar surface area (TPSA) is 108 Å². The van der Waals surface area contributed by atoms with E-state index in [1.165, 1.54) is 0 Å². The zero-order valence-corrected chi connectivity index (χ0v) is 9.68. The molecule has 0 aromatic heterocycles. The number of hydrogen-bond donors (Lipinski definition) is 4. The third-order valence-corrected chi connectivity index (χ3v) is 2.49. The Hall–Kier alpha value is -1.18. The lowest BCUT2D eigenvalue weighted by molar-refractivity contribution is -0.148. The quantitative estimate of drug-likeness (QED) is 0.408. The van der Waals surface area contributed by atoms with Gasteiger partial charge in [0.15, 0.2) is 6.04 Å². The first-order valence-corrected chi connectivity index (χ1v) is 5.57. The van der Waals surface area contributed by atoms with Crippen LogP contribution in [0.2, 0.25) is 0 Å². The maximum absolute atomic E-state index is 11.7. The van der Waals surface area contributed by atoms with Gasteiger partial charge < -0.3 is 25.6 Å². The molecule has 0 aromatic rings. The number of hydrogen-bond acceptors (Lipinski definition) is 6. The summed E-state index contributed by atoms with van der Waals surface area (Å²) in [5, 5.41) is 23.4. The molecule has 0 spiro atoms. The summed E-state index contributed by atoms with van der Waals surface area (Å²) in [7, 11) is 0. The van der Waals surface area contributed by atoms with Crippen molar-refractivity contribution < 1.29 is 24.5 Å². The van der Waals surface area contributed by atoms with Crippen LogP contribution in [0.5, 0.6) is 0 Å². The van der Waals surface area contributed by atoms with E-state index in [-0.39, 0.29) is 6.61 Å². The number of amides is 1. The number of carbonyl (C=O) groups excluding carboxylic acids is 2. The summed E-state index contributed by atoms with van der Waals surface area (Å²) in [4.78, 5) is 23.0. The molecule has 7 heteroatoms. The van der Waals surface area contributed by atoms with Gasteiger partial charge in [0.05, 0.1) is 25.4 Å². The summed E-state index contributed by atoms with van der Waals surface area (Å²) < 4.78 is 4.70. The Kier molecular flexibility index (Phi) is 5.33. The molecule has 1 rings (SSSR count). The van der Waals surface area contributed by atoms with Crippen LogP contribution in [0.25, 0.3) is 0 Å². The van der Waals surface area contributed by atoms with Gasteiger partial charge in [-0.2, -0.15) is 0 Å². The molecular formula is C10H18N2O5. The third-order valence-electron chi connectivity index (χ3n) is 2.49. The Morgan fingerprint density at radius 3 is 2.76 bits per heavy atom. The van der Waals surface area contributed by atoms with Crippen molar-refractivity contribution in [3.63, 3.8) is 0 Å². The number of aliphatic hydroxyl groups excluding tert-OH is 2. The monoisotopic (exact) mass is 246 g/mol. The number of esters is 1. The van der Waals surface area contributed by atoms with Gasteiger partial charge in [0.1, 0.15) is 0 Å². The van der Waals surface area contributed by atoms with Crippen LogP contribution in [0.3, 0.4) is 0 Å². The Morgan fingerprint density at radius 1 is 1.59 bits per heavy atom. The minimum Gasteiger partial charge on any atom is -0.464 e. The predicted molar refractivity (Wildman–Crippen MR) is 58.1 cm³/mol. The average molecular weight is 246 g/mol. The van der Waals surface area contributed by atoms with Crippen LogP contribution in [0.15, 0.2) is 0 Å². The third kappa shape index (κ3) is 3.95. The van der Waals surface area contributed by atoms with Crippen molar-refractivity contribution in [1.82, 2.24) is 10.6 Å². The van der Waals surface area contributed by atoms with Gasteiger partial charge in [0.25, 0.3) is 0 Å². The summed E-state index contributed by atoms with van der Waals surface area (Å²) in [6, 6.07) is -1.59. The van der Waals surface area contributed by atoms with Gasteiger partial charge in [-0.05, 0) is 13.3 Å². The summed E-state index contributed by atoms with van der Waals surface area (Å²) in [5.41, 5.74) is 0. The Labute approximate surface area is 99.1 Å². The van der Waals surface area contributed by atoms with E-state index in [9.17, 15) is 14.7 Å². The second-order valence-corrected chi connectivity index (χ2v) is 3.85. The lowest BCUT2D eigenvalue weighted by Crippen LogP contribution is -2.50. The molecule has 7 nitrogen and oxygen atoms in total. The first kappa shape index (κ1) is 13.9. The maximum atomic E-state index is 11.7. The smallest absolute Gasteiger partial charge is 0.331 e. The largest absolute Gasteiger partial charge is 0.464 e. The lowest BCUT2D eigenvalue weighted by Gasteiger charge is -2.17. The van der Waals surface area contributed by atoms with Crippen molar-refractivity contribution in [1.29, 1.82) is 0 Å². The molecule has 0 aromatic carbocycles. The van der Waals surface area contributed by atoms with Gasteiger partial charge >= 0.3 is 5.97 Å². The fourth-order valence-electron chi connectivity index (χ4n) is 1.61. The molecule has 1 fully saturated rings. The molecule has 1 heterocycles. The highest BCUT2D eigenvalue weighted by atomic mass is 16.5. The molecule has 0 aliphatic carbocycles. The van der Waals surface area contributed by atoms with E-state index >= 15 is 0 Å². The van der Waals surface area contributed by atoms with Crippen LogP contribution in [0.4, 0.5) is 0 Å². The molecule has 1 saturated heterocycles.